The third-order valence-electron chi connectivity index (χ3n) is 1.23. The van der Waals surface area contributed by atoms with E-state index < -0.39 is 13.8 Å². The molecule has 0 aliphatic carbocycles. The number of esters is 1. The van der Waals surface area contributed by atoms with Crippen LogP contribution in [0.3, 0.4) is 0 Å². The van der Waals surface area contributed by atoms with Crippen molar-refractivity contribution in [2.75, 3.05) is 21.3 Å². The van der Waals surface area contributed by atoms with E-state index in [-0.39, 0.29) is 18.2 Å². The molecule has 90 valence electrons. The van der Waals surface area contributed by atoms with E-state index in [2.05, 4.69) is 13.8 Å². The van der Waals surface area contributed by atoms with Crippen molar-refractivity contribution in [2.24, 2.45) is 0 Å². The van der Waals surface area contributed by atoms with Crippen LogP contribution in [0.2, 0.25) is 0 Å². The molecule has 8 heteroatoms. The second-order valence-corrected chi connectivity index (χ2v) is 3.99. The number of ether oxygens (including phenoxy) is 1. The Bertz CT molecular complexity index is 269. The summed E-state index contributed by atoms with van der Waals surface area (Å²) in [7, 11) is -0.00688. The van der Waals surface area contributed by atoms with Gasteiger partial charge in [0.2, 0.25) is 0 Å². The Labute approximate surface area is 94.6 Å². The van der Waals surface area contributed by atoms with E-state index >= 15 is 0 Å². The summed E-state index contributed by atoms with van der Waals surface area (Å²) < 4.78 is 29.5. The average molecular weight is 261 g/mol. The molecule has 0 bridgehead atoms. The first-order chi connectivity index (χ1) is 6.47. The maximum absolute atomic E-state index is 11.4. The van der Waals surface area contributed by atoms with Gasteiger partial charge in [0.25, 0.3) is 0 Å². The number of rotatable bonds is 5. The summed E-state index contributed by atoms with van der Waals surface area (Å²) in [5.74, 6) is -0.523. The number of halogens is 1. The summed E-state index contributed by atoms with van der Waals surface area (Å²) in [5, 5.41) is 0. The molecule has 15 heavy (non-hydrogen) atoms. The van der Waals surface area contributed by atoms with E-state index in [4.69, 9.17) is 4.52 Å². The zero-order chi connectivity index (χ0) is 11.2. The number of carbonyl (C=O) groups is 1. The lowest BCUT2D eigenvalue weighted by molar-refractivity contribution is -0.135. The number of hydrogen-bond acceptors (Lipinski definition) is 6. The molecule has 0 atom stereocenters. The molecule has 0 heterocycles. The highest BCUT2D eigenvalue weighted by Gasteiger charge is 2.24. The quantitative estimate of drug-likeness (QED) is 0.325. The minimum Gasteiger partial charge on any atom is -0.466 e. The summed E-state index contributed by atoms with van der Waals surface area (Å²) in [6.07, 6.45) is 1.03. The van der Waals surface area contributed by atoms with Gasteiger partial charge >= 0.3 is 13.8 Å². The zero-order valence-electron chi connectivity index (χ0n) is 8.88. The maximum atomic E-state index is 11.4. The second kappa shape index (κ2) is 7.70. The Kier molecular flexibility index (Phi) is 8.66. The van der Waals surface area contributed by atoms with Gasteiger partial charge in [0, 0.05) is 14.2 Å². The standard InChI is InChI=1S/C7H13O6P.ClH/c1-6(5-7(8)10-2)13-14(9,11-3)12-4;/h5H,1-4H3;1H/b6-5+;. The summed E-state index contributed by atoms with van der Waals surface area (Å²) in [5.41, 5.74) is 0. The van der Waals surface area contributed by atoms with Crippen LogP contribution in [0.25, 0.3) is 0 Å². The van der Waals surface area contributed by atoms with Crippen molar-refractivity contribution in [3.05, 3.63) is 11.8 Å². The first-order valence-corrected chi connectivity index (χ1v) is 5.11. The SMILES string of the molecule is COC(=O)/C=C(\C)OP(=O)(OC)OC.Cl. The van der Waals surface area contributed by atoms with E-state index in [1.807, 2.05) is 0 Å². The van der Waals surface area contributed by atoms with Crippen LogP contribution in [0, 0.1) is 0 Å². The molecule has 0 N–H and O–H groups in total. The first-order valence-electron chi connectivity index (χ1n) is 3.64. The van der Waals surface area contributed by atoms with Crippen LogP contribution < -0.4 is 0 Å². The van der Waals surface area contributed by atoms with E-state index in [1.165, 1.54) is 28.3 Å². The lowest BCUT2D eigenvalue weighted by atomic mass is 10.5. The second-order valence-electron chi connectivity index (χ2n) is 2.18. The summed E-state index contributed by atoms with van der Waals surface area (Å²) in [6.45, 7) is 1.43. The van der Waals surface area contributed by atoms with E-state index in [0.29, 0.717) is 0 Å². The van der Waals surface area contributed by atoms with Gasteiger partial charge in [-0.1, -0.05) is 0 Å². The highest BCUT2D eigenvalue weighted by molar-refractivity contribution is 7.48. The predicted molar refractivity (Wildman–Crippen MR) is 55.7 cm³/mol. The lowest BCUT2D eigenvalue weighted by Gasteiger charge is -2.13. The topological polar surface area (TPSA) is 71.1 Å². The van der Waals surface area contributed by atoms with Gasteiger partial charge in [-0.2, -0.15) is 0 Å². The number of phosphoric acid groups is 1. The molecular weight excluding hydrogens is 246 g/mol. The third kappa shape index (κ3) is 6.52. The Morgan fingerprint density at radius 3 is 2.00 bits per heavy atom. The van der Waals surface area contributed by atoms with E-state index in [0.717, 1.165) is 6.08 Å². The zero-order valence-corrected chi connectivity index (χ0v) is 10.6. The average Bonchev–Trinajstić information content (AvgIpc) is 2.17. The molecule has 0 amide bonds. The smallest absolute Gasteiger partial charge is 0.466 e. The monoisotopic (exact) mass is 260 g/mol. The molecule has 0 spiro atoms. The van der Waals surface area contributed by atoms with Crippen LogP contribution >= 0.6 is 20.2 Å². The van der Waals surface area contributed by atoms with Gasteiger partial charge in [-0.05, 0) is 6.92 Å². The molecule has 0 fully saturated rings. The summed E-state index contributed by atoms with van der Waals surface area (Å²) in [6, 6.07) is 0. The highest BCUT2D eigenvalue weighted by Crippen LogP contribution is 2.49. The molecule has 0 saturated carbocycles. The number of phosphoric ester groups is 1. The minimum absolute atomic E-state index is 0. The maximum Gasteiger partial charge on any atom is 0.529 e. The lowest BCUT2D eigenvalue weighted by Crippen LogP contribution is -1.99. The Morgan fingerprint density at radius 2 is 1.67 bits per heavy atom. The van der Waals surface area contributed by atoms with E-state index in [1.54, 1.807) is 0 Å². The fraction of sp³-hybridized carbons (Fsp3) is 0.571. The van der Waals surface area contributed by atoms with Crippen molar-refractivity contribution < 1.29 is 27.7 Å². The fourth-order valence-corrected chi connectivity index (χ4v) is 1.28. The molecule has 6 nitrogen and oxygen atoms in total. The number of allylic oxidation sites excluding steroid dienone is 1. The van der Waals surface area contributed by atoms with Crippen molar-refractivity contribution >= 4 is 26.2 Å². The van der Waals surface area contributed by atoms with Crippen LogP contribution in [0.5, 0.6) is 0 Å². The Morgan fingerprint density at radius 1 is 1.20 bits per heavy atom. The van der Waals surface area contributed by atoms with Crippen LogP contribution in [-0.2, 0) is 27.7 Å². The molecule has 0 aromatic carbocycles. The molecule has 0 aliphatic heterocycles. The van der Waals surface area contributed by atoms with Crippen molar-refractivity contribution in [1.82, 2.24) is 0 Å². The van der Waals surface area contributed by atoms with Gasteiger partial charge in [0.05, 0.1) is 13.2 Å². The highest BCUT2D eigenvalue weighted by atomic mass is 35.5. The van der Waals surface area contributed by atoms with Crippen molar-refractivity contribution in [3.8, 4) is 0 Å². The summed E-state index contributed by atoms with van der Waals surface area (Å²) in [4.78, 5) is 10.7. The predicted octanol–water partition coefficient (Wildman–Crippen LogP) is 1.90. The molecule has 0 radical (unpaired) electrons. The minimum atomic E-state index is -3.58. The van der Waals surface area contributed by atoms with E-state index in [9.17, 15) is 9.36 Å². The molecular formula is C7H14ClO6P. The van der Waals surface area contributed by atoms with Gasteiger partial charge in [-0.3, -0.25) is 9.05 Å². The first kappa shape index (κ1) is 16.9. The number of hydrogen-bond donors (Lipinski definition) is 0. The van der Waals surface area contributed by atoms with Crippen molar-refractivity contribution in [1.29, 1.82) is 0 Å². The Hall–Kier alpha value is -0.550. The van der Waals surface area contributed by atoms with Crippen LogP contribution in [0.4, 0.5) is 0 Å². The fourth-order valence-electron chi connectivity index (χ4n) is 0.577. The van der Waals surface area contributed by atoms with Crippen LogP contribution in [0.15, 0.2) is 11.8 Å². The molecule has 0 aromatic heterocycles. The molecule has 0 aromatic rings. The number of carbonyl (C=O) groups excluding carboxylic acids is 1. The third-order valence-corrected chi connectivity index (χ3v) is 2.63. The van der Waals surface area contributed by atoms with Crippen LogP contribution in [-0.4, -0.2) is 27.3 Å². The molecule has 0 saturated heterocycles. The Balaban J connectivity index is 0. The normalized spacial score (nSPS) is 11.6. The molecule has 0 unspecified atom stereocenters. The summed E-state index contributed by atoms with van der Waals surface area (Å²) >= 11 is 0. The van der Waals surface area contributed by atoms with Crippen LogP contribution in [0.1, 0.15) is 6.92 Å². The van der Waals surface area contributed by atoms with Gasteiger partial charge in [0.1, 0.15) is 5.76 Å². The largest absolute Gasteiger partial charge is 0.529 e. The van der Waals surface area contributed by atoms with Gasteiger partial charge < -0.3 is 9.26 Å². The number of methoxy groups -OCH3 is 1. The van der Waals surface area contributed by atoms with Gasteiger partial charge in [0.15, 0.2) is 0 Å². The molecule has 0 rings (SSSR count). The molecule has 0 aliphatic rings. The van der Waals surface area contributed by atoms with Gasteiger partial charge in [-0.15, -0.1) is 12.4 Å². The van der Waals surface area contributed by atoms with Gasteiger partial charge in [-0.25, -0.2) is 9.36 Å². The van der Waals surface area contributed by atoms with Crippen molar-refractivity contribution in [3.63, 3.8) is 0 Å². The van der Waals surface area contributed by atoms with Crippen molar-refractivity contribution in [2.45, 2.75) is 6.92 Å².